The molecule has 0 spiro atoms. The molecule has 0 bridgehead atoms. The molecule has 0 atom stereocenters. The van der Waals surface area contributed by atoms with E-state index in [4.69, 9.17) is 9.47 Å². The van der Waals surface area contributed by atoms with E-state index in [0.717, 1.165) is 43.9 Å². The van der Waals surface area contributed by atoms with Gasteiger partial charge >= 0.3 is 6.09 Å². The highest BCUT2D eigenvalue weighted by molar-refractivity contribution is 5.80. The second-order valence-electron chi connectivity index (χ2n) is 8.67. The molecule has 1 aromatic rings. The normalized spacial score (nSPS) is 15.4. The molecule has 178 valence electrons. The number of piperidine rings is 1. The van der Waals surface area contributed by atoms with Crippen LogP contribution < -0.4 is 10.6 Å². The highest BCUT2D eigenvalue weighted by Crippen LogP contribution is 2.16. The van der Waals surface area contributed by atoms with E-state index in [-0.39, 0.29) is 11.8 Å². The Morgan fingerprint density at radius 3 is 2.62 bits per heavy atom. The van der Waals surface area contributed by atoms with E-state index in [1.54, 1.807) is 19.2 Å². The third-order valence-electron chi connectivity index (χ3n) is 4.87. The number of carbonyl (C=O) groups excluding carboxylic acids is 1. The number of amides is 1. The molecular weight excluding hydrogens is 414 g/mol. The van der Waals surface area contributed by atoms with Gasteiger partial charge in [-0.25, -0.2) is 4.79 Å². The van der Waals surface area contributed by atoms with E-state index in [1.807, 2.05) is 26.8 Å². The molecule has 2 rings (SSSR count). The van der Waals surface area contributed by atoms with Crippen molar-refractivity contribution in [2.24, 2.45) is 4.99 Å². The van der Waals surface area contributed by atoms with Crippen LogP contribution in [0, 0.1) is 10.1 Å². The number of likely N-dealkylation sites (tertiary alicyclic amines) is 1. The molecule has 0 radical (unpaired) electrons. The van der Waals surface area contributed by atoms with Gasteiger partial charge in [-0.15, -0.1) is 0 Å². The van der Waals surface area contributed by atoms with Gasteiger partial charge in [0.15, 0.2) is 5.96 Å². The van der Waals surface area contributed by atoms with Crippen molar-refractivity contribution >= 4 is 17.7 Å². The number of nitrogens with one attached hydrogen (secondary N) is 2. The molecule has 1 amide bonds. The van der Waals surface area contributed by atoms with Crippen LogP contribution in [-0.2, 0) is 16.0 Å². The van der Waals surface area contributed by atoms with Gasteiger partial charge in [0.25, 0.3) is 5.69 Å². The highest BCUT2D eigenvalue weighted by atomic mass is 16.6. The zero-order chi connectivity index (χ0) is 23.6. The van der Waals surface area contributed by atoms with E-state index >= 15 is 0 Å². The number of aliphatic imine (C=N–C) groups is 1. The third kappa shape index (κ3) is 9.09. The van der Waals surface area contributed by atoms with Crippen molar-refractivity contribution in [3.63, 3.8) is 0 Å². The second kappa shape index (κ2) is 12.2. The summed E-state index contributed by atoms with van der Waals surface area (Å²) in [5.41, 5.74) is 0.417. The topological polar surface area (TPSA) is 118 Å². The minimum atomic E-state index is -0.497. The van der Waals surface area contributed by atoms with E-state index in [2.05, 4.69) is 20.5 Å². The van der Waals surface area contributed by atoms with Crippen molar-refractivity contribution in [1.29, 1.82) is 0 Å². The van der Waals surface area contributed by atoms with Gasteiger partial charge in [0.1, 0.15) is 5.60 Å². The first-order valence-electron chi connectivity index (χ1n) is 11.0. The van der Waals surface area contributed by atoms with Crippen molar-refractivity contribution in [3.8, 4) is 0 Å². The molecule has 1 aliphatic rings. The third-order valence-corrected chi connectivity index (χ3v) is 4.87. The van der Waals surface area contributed by atoms with E-state index < -0.39 is 16.6 Å². The predicted molar refractivity (Wildman–Crippen MR) is 123 cm³/mol. The summed E-state index contributed by atoms with van der Waals surface area (Å²) in [5.74, 6) is 0.775. The first-order chi connectivity index (χ1) is 15.2. The van der Waals surface area contributed by atoms with Gasteiger partial charge < -0.3 is 25.0 Å². The quantitative estimate of drug-likeness (QED) is 0.206. The number of carbonyl (C=O) groups is 1. The fourth-order valence-electron chi connectivity index (χ4n) is 3.35. The second-order valence-corrected chi connectivity index (χ2v) is 8.67. The molecule has 10 nitrogen and oxygen atoms in total. The fraction of sp³-hybridized carbons (Fsp3) is 0.636. The number of guanidine groups is 1. The Bertz CT molecular complexity index is 785. The molecule has 0 unspecified atom stereocenters. The Labute approximate surface area is 189 Å². The van der Waals surface area contributed by atoms with E-state index in [1.165, 1.54) is 6.07 Å². The lowest BCUT2D eigenvalue weighted by Gasteiger charge is -2.34. The summed E-state index contributed by atoms with van der Waals surface area (Å²) >= 11 is 0. The zero-order valence-corrected chi connectivity index (χ0v) is 19.4. The Balaban J connectivity index is 1.65. The Kier molecular flexibility index (Phi) is 9.70. The van der Waals surface area contributed by atoms with Crippen LogP contribution in [0.2, 0.25) is 0 Å². The average Bonchev–Trinajstić information content (AvgIpc) is 2.74. The predicted octanol–water partition coefficient (Wildman–Crippen LogP) is 3.07. The van der Waals surface area contributed by atoms with E-state index in [9.17, 15) is 14.9 Å². The molecule has 0 saturated carbocycles. The van der Waals surface area contributed by atoms with Crippen LogP contribution in [0.3, 0.4) is 0 Å². The first-order valence-corrected chi connectivity index (χ1v) is 11.0. The number of benzene rings is 1. The molecule has 32 heavy (non-hydrogen) atoms. The number of nitrogens with zero attached hydrogens (tertiary/aromatic N) is 3. The van der Waals surface area contributed by atoms with Crippen LogP contribution in [0.15, 0.2) is 29.3 Å². The van der Waals surface area contributed by atoms with Crippen molar-refractivity contribution < 1.29 is 19.2 Å². The number of hydrogen-bond acceptors (Lipinski definition) is 6. The maximum Gasteiger partial charge on any atom is 0.407 e. The summed E-state index contributed by atoms with van der Waals surface area (Å²) in [5, 5.41) is 17.0. The van der Waals surface area contributed by atoms with Gasteiger partial charge in [-0.1, -0.05) is 12.1 Å². The van der Waals surface area contributed by atoms with Gasteiger partial charge in [-0.05, 0) is 45.6 Å². The van der Waals surface area contributed by atoms with Crippen LogP contribution in [0.1, 0.15) is 45.6 Å². The molecule has 1 fully saturated rings. The first kappa shape index (κ1) is 25.4. The van der Waals surface area contributed by atoms with Gasteiger partial charge in [0.2, 0.25) is 0 Å². The number of rotatable bonds is 8. The molecule has 2 N–H and O–H groups in total. The maximum absolute atomic E-state index is 11.6. The van der Waals surface area contributed by atoms with Crippen molar-refractivity contribution in [2.75, 3.05) is 33.3 Å². The van der Waals surface area contributed by atoms with Gasteiger partial charge in [0, 0.05) is 52.0 Å². The van der Waals surface area contributed by atoms with E-state index in [0.29, 0.717) is 19.7 Å². The lowest BCUT2D eigenvalue weighted by Crippen LogP contribution is -2.46. The largest absolute Gasteiger partial charge is 0.444 e. The number of nitro groups is 1. The Hall–Kier alpha value is -2.88. The van der Waals surface area contributed by atoms with Gasteiger partial charge in [-0.3, -0.25) is 15.1 Å². The molecule has 1 aromatic carbocycles. The maximum atomic E-state index is 11.6. The molecule has 1 aliphatic heterocycles. The van der Waals surface area contributed by atoms with Gasteiger partial charge in [0.05, 0.1) is 11.0 Å². The van der Waals surface area contributed by atoms with Crippen LogP contribution in [-0.4, -0.2) is 66.9 Å². The number of non-ortho nitro benzene ring substituents is 1. The van der Waals surface area contributed by atoms with Gasteiger partial charge in [-0.2, -0.15) is 0 Å². The minimum absolute atomic E-state index is 0.0820. The number of nitro benzene ring substituents is 1. The summed E-state index contributed by atoms with van der Waals surface area (Å²) in [7, 11) is 1.73. The van der Waals surface area contributed by atoms with Crippen LogP contribution in [0.5, 0.6) is 0 Å². The van der Waals surface area contributed by atoms with Crippen molar-refractivity contribution in [3.05, 3.63) is 39.9 Å². The van der Waals surface area contributed by atoms with Crippen molar-refractivity contribution in [1.82, 2.24) is 15.5 Å². The van der Waals surface area contributed by atoms with Crippen molar-refractivity contribution in [2.45, 2.75) is 58.3 Å². The monoisotopic (exact) mass is 449 g/mol. The number of alkyl carbamates (subject to hydrolysis) is 1. The molecule has 0 aromatic heterocycles. The zero-order valence-electron chi connectivity index (χ0n) is 19.4. The lowest BCUT2D eigenvalue weighted by atomic mass is 10.1. The molecular formula is C22H35N5O5. The fourth-order valence-corrected chi connectivity index (χ4v) is 3.35. The minimum Gasteiger partial charge on any atom is -0.444 e. The molecule has 10 heteroatoms. The molecule has 1 heterocycles. The smallest absolute Gasteiger partial charge is 0.407 e. The summed E-state index contributed by atoms with van der Waals surface area (Å²) in [6.45, 7) is 8.70. The summed E-state index contributed by atoms with van der Waals surface area (Å²) in [6.07, 6.45) is 2.28. The molecule has 1 saturated heterocycles. The Morgan fingerprint density at radius 2 is 2.00 bits per heavy atom. The van der Waals surface area contributed by atoms with Crippen LogP contribution in [0.4, 0.5) is 10.5 Å². The number of ether oxygens (including phenoxy) is 2. The highest BCUT2D eigenvalue weighted by Gasteiger charge is 2.22. The average molecular weight is 450 g/mol. The SMILES string of the molecule is CN=C(NCc1cccc([N+](=O)[O-])c1)N1CCC(OCCCNC(=O)OC(C)(C)C)CC1. The summed E-state index contributed by atoms with van der Waals surface area (Å²) in [4.78, 5) is 28.7. The lowest BCUT2D eigenvalue weighted by molar-refractivity contribution is -0.384. The summed E-state index contributed by atoms with van der Waals surface area (Å²) < 4.78 is 11.1. The Morgan fingerprint density at radius 1 is 1.28 bits per heavy atom. The standard InChI is InChI=1S/C22H35N5O5/c1-22(2,3)32-21(28)24-11-6-14-31-19-9-12-26(13-10-19)20(23-4)25-16-17-7-5-8-18(15-17)27(29)30/h5,7-8,15,19H,6,9-14,16H2,1-4H3,(H,23,25)(H,24,28). The van der Waals surface area contributed by atoms with Crippen LogP contribution >= 0.6 is 0 Å². The summed E-state index contributed by atoms with van der Waals surface area (Å²) in [6, 6.07) is 6.59. The molecule has 0 aliphatic carbocycles. The van der Waals surface area contributed by atoms with Crippen LogP contribution in [0.25, 0.3) is 0 Å². The number of hydrogen-bond donors (Lipinski definition) is 2.